The van der Waals surface area contributed by atoms with Crippen LogP contribution in [0.5, 0.6) is 0 Å². The molecule has 3 heterocycles. The Kier molecular flexibility index (Phi) is 5.16. The summed E-state index contributed by atoms with van der Waals surface area (Å²) in [7, 11) is 0. The van der Waals surface area contributed by atoms with Gasteiger partial charge < -0.3 is 14.5 Å². The summed E-state index contributed by atoms with van der Waals surface area (Å²) in [5.74, 6) is 0.688. The predicted molar refractivity (Wildman–Crippen MR) is 105 cm³/mol. The van der Waals surface area contributed by atoms with E-state index in [9.17, 15) is 4.79 Å². The molecule has 0 saturated carbocycles. The van der Waals surface area contributed by atoms with Crippen molar-refractivity contribution in [1.82, 2.24) is 9.88 Å². The highest BCUT2D eigenvalue weighted by molar-refractivity contribution is 9.10. The Morgan fingerprint density at radius 1 is 1.23 bits per heavy atom. The zero-order valence-electron chi connectivity index (χ0n) is 14.3. The van der Waals surface area contributed by atoms with Gasteiger partial charge in [0.05, 0.1) is 23.8 Å². The molecule has 26 heavy (non-hydrogen) atoms. The van der Waals surface area contributed by atoms with Crippen molar-refractivity contribution in [1.29, 1.82) is 0 Å². The molecule has 1 fully saturated rings. The molecule has 2 aromatic rings. The first-order valence-corrected chi connectivity index (χ1v) is 9.84. The highest BCUT2D eigenvalue weighted by Gasteiger charge is 2.23. The van der Waals surface area contributed by atoms with E-state index in [1.807, 2.05) is 0 Å². The molecule has 1 amide bonds. The van der Waals surface area contributed by atoms with Gasteiger partial charge in [0.25, 0.3) is 5.91 Å². The van der Waals surface area contributed by atoms with Gasteiger partial charge in [-0.25, -0.2) is 4.98 Å². The molecule has 0 bridgehead atoms. The lowest BCUT2D eigenvalue weighted by molar-refractivity contribution is 0.0302. The maximum absolute atomic E-state index is 12.6. The molecule has 0 unspecified atom stereocenters. The Morgan fingerprint density at radius 2 is 2.04 bits per heavy atom. The largest absolute Gasteiger partial charge is 0.378 e. The van der Waals surface area contributed by atoms with Crippen LogP contribution in [0, 0.1) is 0 Å². The summed E-state index contributed by atoms with van der Waals surface area (Å²) >= 11 is 10.1. The number of benzene rings is 1. The molecule has 2 aliphatic rings. The molecule has 4 rings (SSSR count). The Morgan fingerprint density at radius 3 is 2.81 bits per heavy atom. The number of pyridine rings is 1. The van der Waals surface area contributed by atoms with Crippen LogP contribution in [0.2, 0.25) is 5.02 Å². The molecule has 7 heteroatoms. The average Bonchev–Trinajstić information content (AvgIpc) is 2.68. The van der Waals surface area contributed by atoms with Gasteiger partial charge in [0, 0.05) is 36.8 Å². The van der Waals surface area contributed by atoms with Crippen LogP contribution in [-0.4, -0.2) is 48.6 Å². The van der Waals surface area contributed by atoms with Crippen LogP contribution in [0.3, 0.4) is 0 Å². The minimum Gasteiger partial charge on any atom is -0.378 e. The number of hydrogen-bond acceptors (Lipinski definition) is 4. The van der Waals surface area contributed by atoms with E-state index >= 15 is 0 Å². The fraction of sp³-hybridized carbons (Fsp3) is 0.368. The van der Waals surface area contributed by atoms with Crippen LogP contribution in [0.25, 0.3) is 0 Å². The molecule has 0 radical (unpaired) electrons. The molecule has 0 spiro atoms. The zero-order valence-corrected chi connectivity index (χ0v) is 16.6. The zero-order chi connectivity index (χ0) is 18.1. The Hall–Kier alpha value is -1.63. The number of rotatable bonds is 2. The summed E-state index contributed by atoms with van der Waals surface area (Å²) < 4.78 is 6.41. The number of amides is 1. The maximum atomic E-state index is 12.6. The number of ether oxygens (including phenoxy) is 1. The lowest BCUT2D eigenvalue weighted by atomic mass is 10.00. The van der Waals surface area contributed by atoms with Gasteiger partial charge in [0.1, 0.15) is 5.82 Å². The molecule has 1 aromatic carbocycles. The predicted octanol–water partition coefficient (Wildman–Crippen LogP) is 3.53. The van der Waals surface area contributed by atoms with Gasteiger partial charge >= 0.3 is 0 Å². The Balaban J connectivity index is 1.55. The first kappa shape index (κ1) is 17.8. The number of halogens is 2. The molecule has 1 saturated heterocycles. The lowest BCUT2D eigenvalue weighted by Crippen LogP contribution is -2.40. The second-order valence-corrected chi connectivity index (χ2v) is 7.74. The number of carbonyl (C=O) groups excluding carboxylic acids is 1. The number of carbonyl (C=O) groups is 1. The van der Waals surface area contributed by atoms with Crippen molar-refractivity contribution in [3.05, 3.63) is 56.6 Å². The molecule has 2 aliphatic heterocycles. The van der Waals surface area contributed by atoms with Gasteiger partial charge in [-0.1, -0.05) is 39.7 Å². The molecule has 0 N–H and O–H groups in total. The van der Waals surface area contributed by atoms with Crippen LogP contribution in [0.1, 0.15) is 21.5 Å². The fourth-order valence-corrected chi connectivity index (χ4v) is 4.27. The summed E-state index contributed by atoms with van der Waals surface area (Å²) in [5, 5.41) is 0.514. The van der Waals surface area contributed by atoms with E-state index in [1.165, 1.54) is 11.1 Å². The minimum atomic E-state index is -0.0408. The van der Waals surface area contributed by atoms with E-state index in [2.05, 4.69) is 44.0 Å². The normalized spacial score (nSPS) is 17.2. The summed E-state index contributed by atoms with van der Waals surface area (Å²) in [4.78, 5) is 21.1. The monoisotopic (exact) mass is 435 g/mol. The average molecular weight is 437 g/mol. The van der Waals surface area contributed by atoms with Crippen LogP contribution in [-0.2, 0) is 17.7 Å². The van der Waals surface area contributed by atoms with Crippen molar-refractivity contribution >= 4 is 39.3 Å². The van der Waals surface area contributed by atoms with Gasteiger partial charge in [-0.2, -0.15) is 0 Å². The highest BCUT2D eigenvalue weighted by atomic mass is 79.9. The first-order chi connectivity index (χ1) is 12.6. The minimum absolute atomic E-state index is 0.0408. The van der Waals surface area contributed by atoms with E-state index in [4.69, 9.17) is 16.3 Å². The number of morpholine rings is 1. The second kappa shape index (κ2) is 7.55. The van der Waals surface area contributed by atoms with Crippen LogP contribution in [0.4, 0.5) is 5.82 Å². The fourth-order valence-electron chi connectivity index (χ4n) is 3.45. The Bertz CT molecular complexity index is 840. The summed E-state index contributed by atoms with van der Waals surface area (Å²) in [6.45, 7) is 3.97. The number of fused-ring (bicyclic) bond motifs is 1. The van der Waals surface area contributed by atoms with Crippen molar-refractivity contribution in [2.45, 2.75) is 13.0 Å². The van der Waals surface area contributed by atoms with E-state index in [0.717, 1.165) is 29.8 Å². The van der Waals surface area contributed by atoms with Crippen molar-refractivity contribution in [3.63, 3.8) is 0 Å². The highest BCUT2D eigenvalue weighted by Crippen LogP contribution is 2.32. The number of anilines is 1. The van der Waals surface area contributed by atoms with E-state index in [-0.39, 0.29) is 5.91 Å². The van der Waals surface area contributed by atoms with Crippen molar-refractivity contribution < 1.29 is 9.53 Å². The standard InChI is InChI=1S/C19H19BrClN3O2/c20-16-3-1-2-13-4-5-24(12-15(13)16)18-17(21)10-14(11-22-18)19(25)23-6-8-26-9-7-23/h1-3,10-11H,4-9,12H2. The summed E-state index contributed by atoms with van der Waals surface area (Å²) in [6.07, 6.45) is 2.58. The quantitative estimate of drug-likeness (QED) is 0.722. The van der Waals surface area contributed by atoms with Crippen LogP contribution >= 0.6 is 27.5 Å². The topological polar surface area (TPSA) is 45.7 Å². The first-order valence-electron chi connectivity index (χ1n) is 8.67. The molecule has 0 aliphatic carbocycles. The summed E-state index contributed by atoms with van der Waals surface area (Å²) in [6, 6.07) is 8.02. The molecular weight excluding hydrogens is 418 g/mol. The molecular formula is C19H19BrClN3O2. The SMILES string of the molecule is O=C(c1cnc(N2CCc3cccc(Br)c3C2)c(Cl)c1)N1CCOCC1. The molecule has 0 atom stereocenters. The molecule has 1 aromatic heterocycles. The van der Waals surface area contributed by atoms with Gasteiger partial charge in [0.15, 0.2) is 0 Å². The lowest BCUT2D eigenvalue weighted by Gasteiger charge is -2.31. The summed E-state index contributed by atoms with van der Waals surface area (Å²) in [5.41, 5.74) is 3.15. The van der Waals surface area contributed by atoms with E-state index in [1.54, 1.807) is 17.2 Å². The van der Waals surface area contributed by atoms with Crippen molar-refractivity contribution in [3.8, 4) is 0 Å². The van der Waals surface area contributed by atoms with Gasteiger partial charge in [-0.15, -0.1) is 0 Å². The van der Waals surface area contributed by atoms with Crippen molar-refractivity contribution in [2.75, 3.05) is 37.7 Å². The third-order valence-corrected chi connectivity index (χ3v) is 5.90. The van der Waals surface area contributed by atoms with E-state index < -0.39 is 0 Å². The third kappa shape index (κ3) is 3.46. The van der Waals surface area contributed by atoms with Crippen LogP contribution in [0.15, 0.2) is 34.9 Å². The van der Waals surface area contributed by atoms with Gasteiger partial charge in [-0.05, 0) is 29.7 Å². The van der Waals surface area contributed by atoms with Crippen LogP contribution < -0.4 is 4.90 Å². The van der Waals surface area contributed by atoms with Crippen molar-refractivity contribution in [2.24, 2.45) is 0 Å². The number of nitrogens with zero attached hydrogens (tertiary/aromatic N) is 3. The molecule has 5 nitrogen and oxygen atoms in total. The van der Waals surface area contributed by atoms with Gasteiger partial charge in [0.2, 0.25) is 0 Å². The van der Waals surface area contributed by atoms with Gasteiger partial charge in [-0.3, -0.25) is 4.79 Å². The Labute approximate surface area is 166 Å². The molecule has 136 valence electrons. The smallest absolute Gasteiger partial charge is 0.255 e. The number of hydrogen-bond donors (Lipinski definition) is 0. The van der Waals surface area contributed by atoms with E-state index in [0.29, 0.717) is 36.9 Å². The number of aromatic nitrogens is 1. The second-order valence-electron chi connectivity index (χ2n) is 6.48. The maximum Gasteiger partial charge on any atom is 0.255 e. The third-order valence-electron chi connectivity index (χ3n) is 4.88.